The van der Waals surface area contributed by atoms with Crippen LogP contribution in [0.25, 0.3) is 17.1 Å². The fourth-order valence-electron chi connectivity index (χ4n) is 11.9. The largest absolute Gasteiger partial charge is 0.457 e. The lowest BCUT2D eigenvalue weighted by Crippen LogP contribution is -2.65. The van der Waals surface area contributed by atoms with Crippen molar-refractivity contribution in [3.8, 4) is 23.7 Å². The van der Waals surface area contributed by atoms with E-state index < -0.39 is 157 Å². The van der Waals surface area contributed by atoms with E-state index in [4.69, 9.17) is 62.6 Å². The molecule has 3 fully saturated rings. The molecule has 7 heterocycles. The van der Waals surface area contributed by atoms with Gasteiger partial charge in [0.05, 0.1) is 61.4 Å². The predicted molar refractivity (Wildman–Crippen MR) is 325 cm³/mol. The van der Waals surface area contributed by atoms with Gasteiger partial charge in [-0.25, -0.2) is 19.6 Å². The Labute approximate surface area is 529 Å². The summed E-state index contributed by atoms with van der Waals surface area (Å²) in [5.74, 6) is 8.83. The number of nitrogens with one attached hydrogen (secondary N) is 3. The highest BCUT2D eigenvalue weighted by atomic mass is 16.7. The minimum Gasteiger partial charge on any atom is -0.457 e. The molecule has 8 N–H and O–H groups in total. The Morgan fingerprint density at radius 1 is 0.652 bits per heavy atom. The van der Waals surface area contributed by atoms with E-state index in [9.17, 15) is 48.9 Å². The number of carbonyl (C=O) groups excluding carboxylic acids is 3. The van der Waals surface area contributed by atoms with Gasteiger partial charge in [-0.1, -0.05) is 30.6 Å². The van der Waals surface area contributed by atoms with Gasteiger partial charge in [0.25, 0.3) is 11.1 Å². The summed E-state index contributed by atoms with van der Waals surface area (Å²) in [5.41, 5.74) is 3.97. The first-order valence-electron chi connectivity index (χ1n) is 29.8. The van der Waals surface area contributed by atoms with E-state index >= 15 is 0 Å². The summed E-state index contributed by atoms with van der Waals surface area (Å²) in [4.78, 5) is 107. The second-order valence-electron chi connectivity index (χ2n) is 22.3. The third-order valence-electron chi connectivity index (χ3n) is 16.6. The Morgan fingerprint density at radius 2 is 1.15 bits per heavy atom. The number of aryl methyl sites for hydroxylation is 1. The number of nitrogens with zero attached hydrogens (tertiary/aromatic N) is 5. The number of esters is 2. The van der Waals surface area contributed by atoms with Crippen LogP contribution in [0.5, 0.6) is 0 Å². The fourth-order valence-corrected chi connectivity index (χ4v) is 11.9. The van der Waals surface area contributed by atoms with Gasteiger partial charge in [-0.3, -0.25) is 43.1 Å². The Kier molecular flexibility index (Phi) is 26.5. The molecule has 7 unspecified atom stereocenters. The monoisotopic (exact) mass is 1290 g/mol. The van der Waals surface area contributed by atoms with E-state index in [1.165, 1.54) is 83.7 Å². The van der Waals surface area contributed by atoms with Gasteiger partial charge in [-0.05, 0) is 38.2 Å². The molecule has 4 aromatic heterocycles. The summed E-state index contributed by atoms with van der Waals surface area (Å²) in [5, 5.41) is 33.0. The molecule has 0 saturated carbocycles. The molecule has 92 heavy (non-hydrogen) atoms. The average molecular weight is 1290 g/mol. The van der Waals surface area contributed by atoms with Gasteiger partial charge in [0.1, 0.15) is 84.3 Å². The minimum absolute atomic E-state index is 0.0543. The minimum atomic E-state index is -1.06. The number of amides is 1. The molecule has 3 aliphatic heterocycles. The van der Waals surface area contributed by atoms with E-state index in [1.54, 1.807) is 24.6 Å². The summed E-state index contributed by atoms with van der Waals surface area (Å²) < 4.78 is 72.3. The van der Waals surface area contributed by atoms with Gasteiger partial charge in [0.15, 0.2) is 18.5 Å². The van der Waals surface area contributed by atoms with Gasteiger partial charge >= 0.3 is 23.3 Å². The van der Waals surface area contributed by atoms with E-state index in [0.29, 0.717) is 16.6 Å². The number of carbonyl (C=O) groups is 3. The lowest BCUT2D eigenvalue weighted by Gasteiger charge is -2.44. The molecule has 31 heteroatoms. The van der Waals surface area contributed by atoms with Crippen molar-refractivity contribution in [1.82, 2.24) is 39.0 Å². The zero-order chi connectivity index (χ0) is 66.9. The molecule has 504 valence electrons. The van der Waals surface area contributed by atoms with Crippen molar-refractivity contribution in [2.24, 2.45) is 11.8 Å². The van der Waals surface area contributed by atoms with E-state index in [1.807, 2.05) is 6.92 Å². The number of aromatic nitrogens is 7. The van der Waals surface area contributed by atoms with Crippen LogP contribution in [0.1, 0.15) is 69.6 Å². The van der Waals surface area contributed by atoms with Crippen LogP contribution in [-0.2, 0) is 90.9 Å². The van der Waals surface area contributed by atoms with Crippen molar-refractivity contribution in [1.29, 1.82) is 0 Å². The van der Waals surface area contributed by atoms with E-state index in [-0.39, 0.29) is 75.3 Å². The van der Waals surface area contributed by atoms with Gasteiger partial charge in [-0.2, -0.15) is 0 Å². The van der Waals surface area contributed by atoms with Crippen molar-refractivity contribution >= 4 is 40.8 Å². The van der Waals surface area contributed by atoms with Crippen LogP contribution in [0.2, 0.25) is 0 Å². The molecular weight excluding hydrogens is 1210 g/mol. The van der Waals surface area contributed by atoms with Gasteiger partial charge in [0.2, 0.25) is 5.91 Å². The first kappa shape index (κ1) is 72.0. The normalized spacial score (nSPS) is 27.1. The average Bonchev–Trinajstić information content (AvgIpc) is 1.38. The van der Waals surface area contributed by atoms with Gasteiger partial charge in [-0.15, -0.1) is 0 Å². The molecule has 3 aliphatic rings. The molecule has 7 rings (SSSR count). The summed E-state index contributed by atoms with van der Waals surface area (Å²) in [7, 11) is 9.87. The molecule has 0 aliphatic carbocycles. The Hall–Kier alpha value is -7.47. The Morgan fingerprint density at radius 3 is 1.68 bits per heavy atom. The predicted octanol–water partition coefficient (Wildman–Crippen LogP) is -1.65. The maximum absolute atomic E-state index is 13.7. The zero-order valence-corrected chi connectivity index (χ0v) is 53.0. The highest BCUT2D eigenvalue weighted by molar-refractivity contribution is 5.92. The molecule has 0 spiro atoms. The number of methoxy groups -OCH3 is 7. The molecule has 1 amide bonds. The van der Waals surface area contributed by atoms with Crippen LogP contribution in [0.15, 0.2) is 50.2 Å². The molecule has 3 saturated heterocycles. The van der Waals surface area contributed by atoms with Gasteiger partial charge in [0, 0.05) is 107 Å². The van der Waals surface area contributed by atoms with Crippen molar-refractivity contribution in [2.45, 2.75) is 164 Å². The fraction of sp³-hybridized carbons (Fsp3) is 0.623. The number of nitrogens with two attached hydrogens (primary N) is 1. The Bertz CT molecular complexity index is 3560. The maximum Gasteiger partial charge on any atom is 0.328 e. The third kappa shape index (κ3) is 17.2. The number of aliphatic hydroxyl groups excluding tert-OH is 3. The lowest BCUT2D eigenvalue weighted by atomic mass is 9.90. The summed E-state index contributed by atoms with van der Waals surface area (Å²) in [6, 6.07) is -0.931. The number of aromatic amines is 2. The standard InChI is InChI=1S/C61H83N9O22/c1-32(23-69-27-38(58(78)67-60(69)79)19-20-42(74)65-46-52(86-9)49(83-6)41(30-73)90-59(46)87-10)35(24-70-26-37(57(77)66-61(70)80)16-12-14-18-44(76)92-54-48(82-5)34(3)89-40(29-72)51(54)85-8)21-22-68-25-36(45-55(62)63-31-64-56(45)68)15-11-13-17-43(75)91-53-47(81-4)33(2)88-39(28-71)50(53)84-7/h19-20,25-27,31-35,39-41,46-54,59,71-73H,13-14,17-18,21-24,28-30H2,1-10H3,(H,65,74)(H2,62,63,64)(H,66,77,80)(H,67,78,79)/b20-19+/t32-,33-,34+,35?,39?,40?,41?,46?,47?,48?,49-,50-,51-,52-,53-,54-,59+/m1/s1. The number of anilines is 1. The molecule has 0 aromatic carbocycles. The SMILES string of the molecule is COC1[C@H](C)OC(CO)[C@@H](OC)[C@@H]1OC(=O)CCC#Cc1cn(CC(CCn2cc(C#CCCC(=O)O[C@@H]3C(OC)[C@@H](C)OC(CO)[C@H]3OC)c3c(N)ncnc32)[C@H](C)Cn2cc(/C=C/C(=O)NC3[C@@H](OC)OC(CO)[C@@H](OC)[C@@H]3OC)c(=O)[nH]c2=O)c(=O)[nH]c1=O. The lowest BCUT2D eigenvalue weighted by molar-refractivity contribution is -0.270. The van der Waals surface area contributed by atoms with Gasteiger partial charge < -0.3 is 87.8 Å². The summed E-state index contributed by atoms with van der Waals surface area (Å²) in [6.07, 6.45) is -3.07. The first-order valence-corrected chi connectivity index (χ1v) is 29.8. The number of nitrogen functional groups attached to an aromatic ring is 1. The second kappa shape index (κ2) is 33.9. The molecule has 0 radical (unpaired) electrons. The van der Waals surface area contributed by atoms with Crippen LogP contribution in [-0.4, -0.2) is 228 Å². The van der Waals surface area contributed by atoms with Crippen LogP contribution >= 0.6 is 0 Å². The number of H-pyrrole nitrogens is 2. The maximum atomic E-state index is 13.7. The number of hydrogen-bond acceptors (Lipinski definition) is 25. The van der Waals surface area contributed by atoms with Crippen LogP contribution in [0.4, 0.5) is 5.82 Å². The van der Waals surface area contributed by atoms with Crippen LogP contribution < -0.4 is 33.5 Å². The second-order valence-corrected chi connectivity index (χ2v) is 22.3. The quantitative estimate of drug-likeness (QED) is 0.0200. The van der Waals surface area contributed by atoms with Crippen LogP contribution in [0, 0.1) is 35.5 Å². The number of aliphatic hydroxyl groups is 3. The first-order chi connectivity index (χ1) is 44.2. The zero-order valence-electron chi connectivity index (χ0n) is 53.0. The third-order valence-corrected chi connectivity index (χ3v) is 16.6. The molecule has 0 bridgehead atoms. The number of rotatable bonds is 27. The topological polar surface area (TPSA) is 401 Å². The number of fused-ring (bicyclic) bond motifs is 1. The molecule has 31 nitrogen and oxygen atoms in total. The Balaban J connectivity index is 1.13. The van der Waals surface area contributed by atoms with Crippen molar-refractivity contribution < 1.29 is 86.5 Å². The number of ether oxygens (including phenoxy) is 12. The van der Waals surface area contributed by atoms with Crippen molar-refractivity contribution in [3.05, 3.63) is 89.4 Å². The summed E-state index contributed by atoms with van der Waals surface area (Å²) >= 11 is 0. The van der Waals surface area contributed by atoms with Crippen LogP contribution in [0.3, 0.4) is 0 Å². The molecule has 4 aromatic rings. The highest BCUT2D eigenvalue weighted by Crippen LogP contribution is 2.31. The van der Waals surface area contributed by atoms with Crippen molar-refractivity contribution in [3.63, 3.8) is 0 Å². The van der Waals surface area contributed by atoms with E-state index in [0.717, 1.165) is 6.08 Å². The van der Waals surface area contributed by atoms with Crippen molar-refractivity contribution in [2.75, 3.05) is 75.3 Å². The molecular formula is C61H83N9O22. The number of hydrogen-bond donors (Lipinski definition) is 7. The van der Waals surface area contributed by atoms with E-state index in [2.05, 4.69) is 48.9 Å². The summed E-state index contributed by atoms with van der Waals surface area (Å²) in [6.45, 7) is 4.19. The smallest absolute Gasteiger partial charge is 0.328 e. The highest BCUT2D eigenvalue weighted by Gasteiger charge is 2.50. The molecule has 17 atom stereocenters.